The van der Waals surface area contributed by atoms with Gasteiger partial charge in [0.15, 0.2) is 0 Å². The maximum Gasteiger partial charge on any atom is 0.142 e. The number of phenolic OH excluding ortho intramolecular Hbond substituents is 1. The fourth-order valence-corrected chi connectivity index (χ4v) is 3.06. The highest BCUT2D eigenvalue weighted by atomic mass is 16.3. The molecule has 0 aliphatic rings. The molecule has 0 unspecified atom stereocenters. The van der Waals surface area contributed by atoms with Gasteiger partial charge in [0.2, 0.25) is 0 Å². The summed E-state index contributed by atoms with van der Waals surface area (Å²) in [5, 5.41) is 23.5. The second kappa shape index (κ2) is 6.29. The minimum Gasteiger partial charge on any atom is -0.508 e. The van der Waals surface area contributed by atoms with Crippen molar-refractivity contribution in [2.75, 3.05) is 5.73 Å². The van der Waals surface area contributed by atoms with Crippen LogP contribution in [0, 0.1) is 25.2 Å². The zero-order valence-electron chi connectivity index (χ0n) is 14.4. The molecule has 6 heteroatoms. The smallest absolute Gasteiger partial charge is 0.142 e. The minimum atomic E-state index is 0.184. The average molecular weight is 333 g/mol. The van der Waals surface area contributed by atoms with E-state index >= 15 is 0 Å². The van der Waals surface area contributed by atoms with Crippen LogP contribution in [0.25, 0.3) is 22.4 Å². The molecule has 0 aliphatic heterocycles. The molecule has 0 spiro atoms. The van der Waals surface area contributed by atoms with Gasteiger partial charge in [-0.25, -0.2) is 4.98 Å². The number of nitrogens with zero attached hydrogens (tertiary/aromatic N) is 4. The highest BCUT2D eigenvalue weighted by Crippen LogP contribution is 2.37. The Morgan fingerprint density at radius 1 is 1.24 bits per heavy atom. The molecule has 0 radical (unpaired) electrons. The highest BCUT2D eigenvalue weighted by Gasteiger charge is 2.21. The molecule has 0 saturated carbocycles. The van der Waals surface area contributed by atoms with Gasteiger partial charge < -0.3 is 10.8 Å². The number of pyridine rings is 1. The zero-order chi connectivity index (χ0) is 18.1. The molecule has 126 valence electrons. The van der Waals surface area contributed by atoms with E-state index in [9.17, 15) is 10.4 Å². The summed E-state index contributed by atoms with van der Waals surface area (Å²) in [4.78, 5) is 4.43. The first-order valence-corrected chi connectivity index (χ1v) is 8.00. The fourth-order valence-electron chi connectivity index (χ4n) is 3.06. The van der Waals surface area contributed by atoms with Crippen molar-refractivity contribution < 1.29 is 5.11 Å². The Hall–Kier alpha value is -3.33. The van der Waals surface area contributed by atoms with Crippen LogP contribution in [0.1, 0.15) is 23.7 Å². The van der Waals surface area contributed by atoms with Crippen LogP contribution in [0.15, 0.2) is 30.5 Å². The summed E-state index contributed by atoms with van der Waals surface area (Å²) >= 11 is 0. The second-order valence-corrected chi connectivity index (χ2v) is 5.84. The predicted molar refractivity (Wildman–Crippen MR) is 96.8 cm³/mol. The lowest BCUT2D eigenvalue weighted by Crippen LogP contribution is -2.04. The van der Waals surface area contributed by atoms with Gasteiger partial charge in [-0.2, -0.15) is 10.4 Å². The van der Waals surface area contributed by atoms with Gasteiger partial charge in [0.1, 0.15) is 23.2 Å². The van der Waals surface area contributed by atoms with E-state index in [1.54, 1.807) is 30.5 Å². The number of benzene rings is 1. The number of rotatable bonds is 3. The molecule has 0 bridgehead atoms. The van der Waals surface area contributed by atoms with Gasteiger partial charge in [0.25, 0.3) is 0 Å². The van der Waals surface area contributed by atoms with Crippen molar-refractivity contribution in [1.82, 2.24) is 14.8 Å². The van der Waals surface area contributed by atoms with Crippen molar-refractivity contribution in [3.8, 4) is 34.2 Å². The fraction of sp³-hybridized carbons (Fsp3) is 0.211. The minimum absolute atomic E-state index is 0.184. The van der Waals surface area contributed by atoms with Crippen LogP contribution in [0.4, 0.5) is 5.82 Å². The van der Waals surface area contributed by atoms with Crippen LogP contribution in [0.3, 0.4) is 0 Å². The molecular formula is C19H19N5O. The predicted octanol–water partition coefficient (Wildman–Crippen LogP) is 3.41. The topological polar surface area (TPSA) is 101 Å². The van der Waals surface area contributed by atoms with Crippen molar-refractivity contribution in [2.24, 2.45) is 0 Å². The standard InChI is InChI=1S/C19H19N5O/c1-4-24-12(3)16(10-22-24)17-11(2)18(23-19(21)15(17)9-20)13-5-7-14(25)8-6-13/h5-8,10,25H,4H2,1-3H3,(H2,21,23). The molecule has 0 saturated heterocycles. The van der Waals surface area contributed by atoms with Gasteiger partial charge >= 0.3 is 0 Å². The normalized spacial score (nSPS) is 10.6. The van der Waals surface area contributed by atoms with Crippen molar-refractivity contribution in [3.05, 3.63) is 47.3 Å². The van der Waals surface area contributed by atoms with Crippen LogP contribution in [0.5, 0.6) is 5.75 Å². The average Bonchev–Trinajstić information content (AvgIpc) is 2.97. The lowest BCUT2D eigenvalue weighted by molar-refractivity contribution is 0.475. The number of aromatic hydroxyl groups is 1. The molecule has 0 amide bonds. The molecule has 2 heterocycles. The summed E-state index contributed by atoms with van der Waals surface area (Å²) in [5.41, 5.74) is 11.4. The molecule has 3 rings (SSSR count). The summed E-state index contributed by atoms with van der Waals surface area (Å²) in [6.45, 7) is 6.67. The van der Waals surface area contributed by atoms with E-state index in [4.69, 9.17) is 5.73 Å². The number of aromatic nitrogens is 3. The first-order valence-electron chi connectivity index (χ1n) is 8.00. The molecule has 0 aliphatic carbocycles. The molecule has 0 fully saturated rings. The lowest BCUT2D eigenvalue weighted by atomic mass is 9.93. The first-order chi connectivity index (χ1) is 12.0. The first kappa shape index (κ1) is 16.5. The Morgan fingerprint density at radius 3 is 2.48 bits per heavy atom. The molecule has 3 N–H and O–H groups in total. The largest absolute Gasteiger partial charge is 0.508 e. The number of phenols is 1. The Morgan fingerprint density at radius 2 is 1.92 bits per heavy atom. The Bertz CT molecular complexity index is 981. The van der Waals surface area contributed by atoms with E-state index in [1.165, 1.54) is 0 Å². The van der Waals surface area contributed by atoms with Gasteiger partial charge in [-0.3, -0.25) is 4.68 Å². The zero-order valence-corrected chi connectivity index (χ0v) is 14.4. The van der Waals surface area contributed by atoms with Gasteiger partial charge in [0, 0.05) is 28.9 Å². The molecule has 3 aromatic rings. The third kappa shape index (κ3) is 2.70. The summed E-state index contributed by atoms with van der Waals surface area (Å²) in [7, 11) is 0. The molecule has 1 aromatic carbocycles. The highest BCUT2D eigenvalue weighted by molar-refractivity contribution is 5.84. The van der Waals surface area contributed by atoms with E-state index in [0.29, 0.717) is 11.3 Å². The number of hydrogen-bond acceptors (Lipinski definition) is 5. The monoisotopic (exact) mass is 333 g/mol. The Kier molecular flexibility index (Phi) is 4.15. The Labute approximate surface area is 146 Å². The maximum absolute atomic E-state index is 9.61. The molecular weight excluding hydrogens is 314 g/mol. The van der Waals surface area contributed by atoms with Crippen molar-refractivity contribution >= 4 is 5.82 Å². The number of aryl methyl sites for hydroxylation is 1. The third-order valence-corrected chi connectivity index (χ3v) is 4.39. The van der Waals surface area contributed by atoms with E-state index in [-0.39, 0.29) is 11.6 Å². The van der Waals surface area contributed by atoms with Crippen molar-refractivity contribution in [3.63, 3.8) is 0 Å². The van der Waals surface area contributed by atoms with Crippen molar-refractivity contribution in [2.45, 2.75) is 27.3 Å². The van der Waals surface area contributed by atoms with E-state index in [2.05, 4.69) is 16.2 Å². The second-order valence-electron chi connectivity index (χ2n) is 5.84. The lowest BCUT2D eigenvalue weighted by Gasteiger charge is -2.15. The number of nitrogens with two attached hydrogens (primary N) is 1. The summed E-state index contributed by atoms with van der Waals surface area (Å²) in [6.07, 6.45) is 1.77. The Balaban J connectivity index is 2.32. The summed E-state index contributed by atoms with van der Waals surface area (Å²) in [6, 6.07) is 8.95. The van der Waals surface area contributed by atoms with Crippen LogP contribution < -0.4 is 5.73 Å². The van der Waals surface area contributed by atoms with Gasteiger partial charge in [-0.1, -0.05) is 0 Å². The maximum atomic E-state index is 9.61. The van der Waals surface area contributed by atoms with Crippen LogP contribution in [-0.4, -0.2) is 19.9 Å². The van der Waals surface area contributed by atoms with Crippen LogP contribution >= 0.6 is 0 Å². The number of nitrogen functional groups attached to an aromatic ring is 1. The van der Waals surface area contributed by atoms with Crippen LogP contribution in [0.2, 0.25) is 0 Å². The van der Waals surface area contributed by atoms with Crippen molar-refractivity contribution in [1.29, 1.82) is 5.26 Å². The van der Waals surface area contributed by atoms with E-state index in [1.807, 2.05) is 25.5 Å². The third-order valence-electron chi connectivity index (χ3n) is 4.39. The molecule has 25 heavy (non-hydrogen) atoms. The molecule has 2 aromatic heterocycles. The van der Waals surface area contributed by atoms with E-state index in [0.717, 1.165) is 34.5 Å². The number of anilines is 1. The van der Waals surface area contributed by atoms with Crippen LogP contribution in [-0.2, 0) is 6.54 Å². The molecule has 6 nitrogen and oxygen atoms in total. The van der Waals surface area contributed by atoms with E-state index < -0.39 is 0 Å². The molecule has 0 atom stereocenters. The van der Waals surface area contributed by atoms with Gasteiger partial charge in [-0.05, 0) is 50.6 Å². The SMILES string of the molecule is CCn1ncc(-c2c(C)c(-c3ccc(O)cc3)nc(N)c2C#N)c1C. The van der Waals surface area contributed by atoms with Gasteiger partial charge in [0.05, 0.1) is 11.9 Å². The number of hydrogen-bond donors (Lipinski definition) is 2. The summed E-state index contributed by atoms with van der Waals surface area (Å²) < 4.78 is 1.88. The quantitative estimate of drug-likeness (QED) is 0.765. The van der Waals surface area contributed by atoms with Gasteiger partial charge in [-0.15, -0.1) is 0 Å². The summed E-state index contributed by atoms with van der Waals surface area (Å²) in [5.74, 6) is 0.373. The number of nitriles is 1.